The van der Waals surface area contributed by atoms with Crippen molar-refractivity contribution in [2.45, 2.75) is 58.3 Å². The number of hydrogen-bond donors (Lipinski definition) is 2. The fourth-order valence-corrected chi connectivity index (χ4v) is 2.42. The van der Waals surface area contributed by atoms with Gasteiger partial charge in [-0.2, -0.15) is 0 Å². The van der Waals surface area contributed by atoms with Crippen LogP contribution < -0.4 is 10.1 Å². The minimum atomic E-state index is -0.335. The molecule has 106 valence electrons. The summed E-state index contributed by atoms with van der Waals surface area (Å²) in [7, 11) is 0. The normalized spacial score (nSPS) is 22.7. The van der Waals surface area contributed by atoms with Gasteiger partial charge in [-0.05, 0) is 51.3 Å². The smallest absolute Gasteiger partial charge is 0.142 e. The van der Waals surface area contributed by atoms with E-state index in [0.29, 0.717) is 6.54 Å². The van der Waals surface area contributed by atoms with Crippen LogP contribution in [0.25, 0.3) is 0 Å². The number of nitrogens with zero attached hydrogens (tertiary/aromatic N) is 1. The summed E-state index contributed by atoms with van der Waals surface area (Å²) in [4.78, 5) is 4.54. The molecule has 0 aliphatic heterocycles. The van der Waals surface area contributed by atoms with Gasteiger partial charge in [0.15, 0.2) is 0 Å². The molecule has 1 aromatic heterocycles. The molecule has 1 heterocycles. The van der Waals surface area contributed by atoms with Gasteiger partial charge in [0.1, 0.15) is 11.9 Å². The van der Waals surface area contributed by atoms with Gasteiger partial charge in [-0.25, -0.2) is 0 Å². The maximum Gasteiger partial charge on any atom is 0.142 e. The molecule has 4 heteroatoms. The van der Waals surface area contributed by atoms with Crippen LogP contribution in [0, 0.1) is 6.92 Å². The average Bonchev–Trinajstić information content (AvgIpc) is 2.78. The predicted molar refractivity (Wildman–Crippen MR) is 75.2 cm³/mol. The van der Waals surface area contributed by atoms with Gasteiger partial charge in [0, 0.05) is 12.2 Å². The first-order valence-corrected chi connectivity index (χ1v) is 7.22. The number of aliphatic hydroxyl groups is 1. The quantitative estimate of drug-likeness (QED) is 0.773. The Kier molecular flexibility index (Phi) is 5.16. The molecular formula is C15H24N2O2. The predicted octanol–water partition coefficient (Wildman–Crippen LogP) is 2.18. The number of aryl methyl sites for hydroxylation is 1. The van der Waals surface area contributed by atoms with Gasteiger partial charge in [0.2, 0.25) is 0 Å². The van der Waals surface area contributed by atoms with Crippen LogP contribution in [0.4, 0.5) is 0 Å². The fraction of sp³-hybridized carbons (Fsp3) is 0.667. The van der Waals surface area contributed by atoms with Crippen LogP contribution in [0.2, 0.25) is 0 Å². The fourth-order valence-electron chi connectivity index (χ4n) is 2.42. The van der Waals surface area contributed by atoms with Crippen molar-refractivity contribution in [3.8, 4) is 5.75 Å². The topological polar surface area (TPSA) is 54.4 Å². The van der Waals surface area contributed by atoms with Crippen molar-refractivity contribution >= 4 is 0 Å². The van der Waals surface area contributed by atoms with Crippen LogP contribution in [-0.2, 0) is 6.54 Å². The monoisotopic (exact) mass is 264 g/mol. The summed E-state index contributed by atoms with van der Waals surface area (Å²) in [6.45, 7) is 5.81. The molecular weight excluding hydrogens is 240 g/mol. The summed E-state index contributed by atoms with van der Waals surface area (Å²) in [5.41, 5.74) is 1.93. The molecule has 19 heavy (non-hydrogen) atoms. The molecule has 0 spiro atoms. The molecule has 0 aromatic carbocycles. The number of rotatable bonds is 6. The van der Waals surface area contributed by atoms with Crippen molar-refractivity contribution < 1.29 is 9.84 Å². The van der Waals surface area contributed by atoms with Crippen LogP contribution in [0.15, 0.2) is 12.1 Å². The Morgan fingerprint density at radius 1 is 1.42 bits per heavy atom. The lowest BCUT2D eigenvalue weighted by molar-refractivity contribution is 0.0594. The minimum Gasteiger partial charge on any atom is -0.486 e. The first kappa shape index (κ1) is 14.3. The Labute approximate surface area is 115 Å². The molecule has 2 atom stereocenters. The second kappa shape index (κ2) is 6.87. The first-order valence-electron chi connectivity index (χ1n) is 7.22. The van der Waals surface area contributed by atoms with E-state index in [-0.39, 0.29) is 12.2 Å². The maximum absolute atomic E-state index is 9.85. The van der Waals surface area contributed by atoms with Crippen molar-refractivity contribution in [2.24, 2.45) is 0 Å². The second-order valence-corrected chi connectivity index (χ2v) is 5.23. The Bertz CT molecular complexity index is 409. The molecule has 0 bridgehead atoms. The molecule has 4 nitrogen and oxygen atoms in total. The van der Waals surface area contributed by atoms with Crippen LogP contribution in [-0.4, -0.2) is 28.8 Å². The number of nitrogens with one attached hydrogen (secondary N) is 1. The van der Waals surface area contributed by atoms with Crippen molar-refractivity contribution in [1.82, 2.24) is 10.3 Å². The van der Waals surface area contributed by atoms with Gasteiger partial charge in [-0.1, -0.05) is 6.92 Å². The number of aliphatic hydroxyl groups excluding tert-OH is 1. The highest BCUT2D eigenvalue weighted by atomic mass is 16.5. The average molecular weight is 264 g/mol. The minimum absolute atomic E-state index is 0.0746. The Balaban J connectivity index is 2.05. The highest BCUT2D eigenvalue weighted by molar-refractivity contribution is 5.29. The van der Waals surface area contributed by atoms with E-state index in [1.807, 2.05) is 19.1 Å². The van der Waals surface area contributed by atoms with E-state index >= 15 is 0 Å². The third-order valence-corrected chi connectivity index (χ3v) is 3.49. The van der Waals surface area contributed by atoms with Gasteiger partial charge >= 0.3 is 0 Å². The van der Waals surface area contributed by atoms with E-state index in [0.717, 1.165) is 49.4 Å². The lowest BCUT2D eigenvalue weighted by atomic mass is 10.2. The molecule has 1 aliphatic carbocycles. The van der Waals surface area contributed by atoms with Crippen LogP contribution in [0.5, 0.6) is 5.75 Å². The van der Waals surface area contributed by atoms with Gasteiger partial charge in [0.05, 0.1) is 11.8 Å². The van der Waals surface area contributed by atoms with E-state index in [2.05, 4.69) is 17.2 Å². The molecule has 0 amide bonds. The molecule has 1 aliphatic rings. The molecule has 1 fully saturated rings. The van der Waals surface area contributed by atoms with E-state index in [1.54, 1.807) is 0 Å². The molecule has 0 saturated heterocycles. The highest BCUT2D eigenvalue weighted by Gasteiger charge is 2.27. The van der Waals surface area contributed by atoms with E-state index in [4.69, 9.17) is 4.74 Å². The van der Waals surface area contributed by atoms with Crippen molar-refractivity contribution in [3.63, 3.8) is 0 Å². The Hall–Kier alpha value is -1.13. The van der Waals surface area contributed by atoms with E-state index in [9.17, 15) is 5.11 Å². The molecule has 1 aromatic rings. The lowest BCUT2D eigenvalue weighted by Gasteiger charge is -2.19. The van der Waals surface area contributed by atoms with E-state index in [1.165, 1.54) is 0 Å². The van der Waals surface area contributed by atoms with Gasteiger partial charge in [0.25, 0.3) is 0 Å². The number of hydrogen-bond acceptors (Lipinski definition) is 4. The number of ether oxygens (including phenoxy) is 1. The van der Waals surface area contributed by atoms with Crippen molar-refractivity contribution in [3.05, 3.63) is 23.5 Å². The van der Waals surface area contributed by atoms with Crippen LogP contribution in [0.3, 0.4) is 0 Å². The van der Waals surface area contributed by atoms with Crippen molar-refractivity contribution in [2.75, 3.05) is 6.54 Å². The summed E-state index contributed by atoms with van der Waals surface area (Å²) < 4.78 is 5.95. The molecule has 2 N–H and O–H groups in total. The van der Waals surface area contributed by atoms with Crippen LogP contribution >= 0.6 is 0 Å². The zero-order valence-electron chi connectivity index (χ0n) is 11.9. The SMILES string of the molecule is CCCNCc1nc(C)ccc1OC1CCCC1O. The number of aromatic nitrogens is 1. The third kappa shape index (κ3) is 3.91. The molecule has 1 saturated carbocycles. The largest absolute Gasteiger partial charge is 0.486 e. The summed E-state index contributed by atoms with van der Waals surface area (Å²) in [5.74, 6) is 0.806. The van der Waals surface area contributed by atoms with E-state index < -0.39 is 0 Å². The zero-order valence-corrected chi connectivity index (χ0v) is 11.9. The Morgan fingerprint density at radius 2 is 2.26 bits per heavy atom. The van der Waals surface area contributed by atoms with Gasteiger partial charge in [-0.3, -0.25) is 4.98 Å². The van der Waals surface area contributed by atoms with Gasteiger partial charge < -0.3 is 15.2 Å². The zero-order chi connectivity index (χ0) is 13.7. The summed E-state index contributed by atoms with van der Waals surface area (Å²) in [6.07, 6.45) is 3.49. The summed E-state index contributed by atoms with van der Waals surface area (Å²) in [5, 5.41) is 13.2. The lowest BCUT2D eigenvalue weighted by Crippen LogP contribution is -2.27. The summed E-state index contributed by atoms with van der Waals surface area (Å²) in [6, 6.07) is 3.93. The Morgan fingerprint density at radius 3 is 2.95 bits per heavy atom. The standard InChI is InChI=1S/C15H24N2O2/c1-3-9-16-10-12-14(8-7-11(2)17-12)19-15-6-4-5-13(15)18/h7-8,13,15-16,18H,3-6,9-10H2,1-2H3. The maximum atomic E-state index is 9.85. The van der Waals surface area contributed by atoms with Crippen LogP contribution in [0.1, 0.15) is 44.0 Å². The third-order valence-electron chi connectivity index (χ3n) is 3.49. The first-order chi connectivity index (χ1) is 9.20. The second-order valence-electron chi connectivity index (χ2n) is 5.23. The molecule has 2 rings (SSSR count). The number of pyridine rings is 1. The molecule has 0 radical (unpaired) electrons. The highest BCUT2D eigenvalue weighted by Crippen LogP contribution is 2.26. The van der Waals surface area contributed by atoms with Gasteiger partial charge in [-0.15, -0.1) is 0 Å². The van der Waals surface area contributed by atoms with Crippen molar-refractivity contribution in [1.29, 1.82) is 0 Å². The summed E-state index contributed by atoms with van der Waals surface area (Å²) >= 11 is 0. The molecule has 2 unspecified atom stereocenters.